The molecule has 0 radical (unpaired) electrons. The number of rotatable bonds is 8. The van der Waals surface area contributed by atoms with E-state index in [1.807, 2.05) is 43.3 Å². The molecule has 0 aliphatic carbocycles. The summed E-state index contributed by atoms with van der Waals surface area (Å²) in [7, 11) is 0. The Morgan fingerprint density at radius 3 is 2.63 bits per heavy atom. The van der Waals surface area contributed by atoms with Crippen LogP contribution in [0.2, 0.25) is 0 Å². The van der Waals surface area contributed by atoms with E-state index in [-0.39, 0.29) is 29.7 Å². The van der Waals surface area contributed by atoms with Crippen LogP contribution in [0.5, 0.6) is 0 Å². The average molecular weight is 541 g/mol. The lowest BCUT2D eigenvalue weighted by Crippen LogP contribution is -2.33. The van der Waals surface area contributed by atoms with E-state index in [0.29, 0.717) is 5.76 Å². The van der Waals surface area contributed by atoms with Gasteiger partial charge in [0.05, 0.1) is 24.6 Å². The van der Waals surface area contributed by atoms with Crippen molar-refractivity contribution in [3.63, 3.8) is 0 Å². The first-order valence-electron chi connectivity index (χ1n) is 11.5. The highest BCUT2D eigenvalue weighted by Crippen LogP contribution is 2.33. The molecule has 2 aromatic carbocycles. The first-order valence-corrected chi connectivity index (χ1v) is 12.4. The fraction of sp³-hybridized carbons (Fsp3) is 0.185. The van der Waals surface area contributed by atoms with Gasteiger partial charge < -0.3 is 9.73 Å². The number of benzene rings is 2. The molecular formula is C27H23F3N4O3S. The Morgan fingerprint density at radius 1 is 1.13 bits per heavy atom. The average Bonchev–Trinajstić information content (AvgIpc) is 3.49. The molecule has 0 bridgehead atoms. The van der Waals surface area contributed by atoms with Gasteiger partial charge in [-0.1, -0.05) is 54.2 Å². The van der Waals surface area contributed by atoms with E-state index < -0.39 is 22.9 Å². The SMILES string of the molecule is CC(/C=N/N=C1\SC(CC(=O)Nc2cccc(C(F)(F)F)c2)C(=O)N1Cc1ccco1)=C\c1ccccc1. The predicted molar refractivity (Wildman–Crippen MR) is 141 cm³/mol. The van der Waals surface area contributed by atoms with Gasteiger partial charge in [-0.25, -0.2) is 0 Å². The fourth-order valence-electron chi connectivity index (χ4n) is 3.59. The predicted octanol–water partition coefficient (Wildman–Crippen LogP) is 6.22. The summed E-state index contributed by atoms with van der Waals surface area (Å²) in [4.78, 5) is 27.1. The Morgan fingerprint density at radius 2 is 1.92 bits per heavy atom. The maximum atomic E-state index is 13.1. The van der Waals surface area contributed by atoms with Gasteiger partial charge in [-0.15, -0.1) is 5.10 Å². The third-order valence-electron chi connectivity index (χ3n) is 5.36. The molecule has 1 unspecified atom stereocenters. The molecule has 0 spiro atoms. The van der Waals surface area contributed by atoms with E-state index in [0.717, 1.165) is 35.0 Å². The molecule has 1 aliphatic heterocycles. The highest BCUT2D eigenvalue weighted by atomic mass is 32.2. The van der Waals surface area contributed by atoms with Gasteiger partial charge in [0.2, 0.25) is 11.8 Å². The molecule has 2 heterocycles. The Labute approximate surface area is 221 Å². The van der Waals surface area contributed by atoms with Crippen molar-refractivity contribution in [1.29, 1.82) is 0 Å². The van der Waals surface area contributed by atoms with E-state index in [2.05, 4.69) is 15.5 Å². The van der Waals surface area contributed by atoms with Gasteiger partial charge >= 0.3 is 6.18 Å². The van der Waals surface area contributed by atoms with Crippen LogP contribution >= 0.6 is 11.8 Å². The summed E-state index contributed by atoms with van der Waals surface area (Å²) in [6.45, 7) is 1.96. The minimum atomic E-state index is -4.54. The van der Waals surface area contributed by atoms with Crippen molar-refractivity contribution in [1.82, 2.24) is 4.90 Å². The molecule has 1 aromatic heterocycles. The topological polar surface area (TPSA) is 87.3 Å². The zero-order valence-electron chi connectivity index (χ0n) is 20.2. The Balaban J connectivity index is 1.47. The van der Waals surface area contributed by atoms with Crippen molar-refractivity contribution in [2.45, 2.75) is 31.3 Å². The molecule has 7 nitrogen and oxygen atoms in total. The van der Waals surface area contributed by atoms with E-state index in [1.165, 1.54) is 23.3 Å². The summed E-state index contributed by atoms with van der Waals surface area (Å²) in [6, 6.07) is 17.4. The molecule has 1 fully saturated rings. The molecule has 4 rings (SSSR count). The summed E-state index contributed by atoms with van der Waals surface area (Å²) in [5.41, 5.74) is 0.951. The molecule has 196 valence electrons. The molecule has 1 N–H and O–H groups in total. The van der Waals surface area contributed by atoms with E-state index in [9.17, 15) is 22.8 Å². The number of thioether (sulfide) groups is 1. The van der Waals surface area contributed by atoms with Crippen LogP contribution in [0.1, 0.15) is 30.2 Å². The van der Waals surface area contributed by atoms with Crippen molar-refractivity contribution in [3.8, 4) is 0 Å². The molecule has 1 atom stereocenters. The Kier molecular flexibility index (Phi) is 8.47. The first kappa shape index (κ1) is 26.9. The maximum Gasteiger partial charge on any atom is 0.416 e. The second kappa shape index (κ2) is 12.0. The van der Waals surface area contributed by atoms with Crippen LogP contribution < -0.4 is 5.32 Å². The number of amides is 2. The highest BCUT2D eigenvalue weighted by molar-refractivity contribution is 8.15. The lowest BCUT2D eigenvalue weighted by atomic mass is 10.1. The molecule has 1 saturated heterocycles. The molecule has 2 amide bonds. The van der Waals surface area contributed by atoms with E-state index >= 15 is 0 Å². The van der Waals surface area contributed by atoms with Crippen molar-refractivity contribution < 1.29 is 27.2 Å². The van der Waals surface area contributed by atoms with Crippen LogP contribution in [-0.2, 0) is 22.3 Å². The number of halogens is 3. The van der Waals surface area contributed by atoms with Crippen molar-refractivity contribution in [3.05, 3.63) is 95.5 Å². The number of nitrogens with zero attached hydrogens (tertiary/aromatic N) is 3. The summed E-state index contributed by atoms with van der Waals surface area (Å²) in [5, 5.41) is 10.2. The number of anilines is 1. The van der Waals surface area contributed by atoms with Crippen LogP contribution in [-0.4, -0.2) is 33.3 Å². The zero-order chi connectivity index (χ0) is 27.1. The van der Waals surface area contributed by atoms with Gasteiger partial charge in [-0.05, 0) is 48.4 Å². The molecule has 3 aromatic rings. The number of hydrogen-bond acceptors (Lipinski definition) is 6. The number of amidine groups is 1. The number of furan rings is 1. The van der Waals surface area contributed by atoms with E-state index in [4.69, 9.17) is 4.42 Å². The van der Waals surface area contributed by atoms with Gasteiger partial charge in [-0.2, -0.15) is 18.3 Å². The van der Waals surface area contributed by atoms with E-state index in [1.54, 1.807) is 18.3 Å². The number of hydrogen-bond donors (Lipinski definition) is 1. The molecule has 0 saturated carbocycles. The van der Waals surface area contributed by atoms with Crippen molar-refractivity contribution >= 4 is 46.7 Å². The Hall–Kier alpha value is -4.12. The monoisotopic (exact) mass is 540 g/mol. The van der Waals surface area contributed by atoms with Gasteiger partial charge in [0.1, 0.15) is 11.0 Å². The van der Waals surface area contributed by atoms with Gasteiger partial charge in [0.25, 0.3) is 0 Å². The second-order valence-corrected chi connectivity index (χ2v) is 9.54. The number of carbonyl (C=O) groups excluding carboxylic acids is 2. The van der Waals surface area contributed by atoms with Crippen molar-refractivity contribution in [2.24, 2.45) is 10.2 Å². The third kappa shape index (κ3) is 7.22. The van der Waals surface area contributed by atoms with Crippen LogP contribution in [0.15, 0.2) is 93.2 Å². The number of carbonyl (C=O) groups is 2. The smallest absolute Gasteiger partial charge is 0.416 e. The van der Waals surface area contributed by atoms with Gasteiger partial charge in [0, 0.05) is 12.1 Å². The van der Waals surface area contributed by atoms with Crippen LogP contribution in [0.25, 0.3) is 6.08 Å². The summed E-state index contributed by atoms with van der Waals surface area (Å²) in [6.07, 6.45) is 0.173. The lowest BCUT2D eigenvalue weighted by Gasteiger charge is -2.14. The zero-order valence-corrected chi connectivity index (χ0v) is 21.0. The maximum absolute atomic E-state index is 13.1. The molecule has 11 heteroatoms. The fourth-order valence-corrected chi connectivity index (χ4v) is 4.69. The summed E-state index contributed by atoms with van der Waals surface area (Å²) < 4.78 is 44.3. The third-order valence-corrected chi connectivity index (χ3v) is 6.52. The second-order valence-electron chi connectivity index (χ2n) is 8.37. The molecule has 38 heavy (non-hydrogen) atoms. The number of alkyl halides is 3. The number of allylic oxidation sites excluding steroid dienone is 1. The summed E-state index contributed by atoms with van der Waals surface area (Å²) in [5.74, 6) is -0.458. The lowest BCUT2D eigenvalue weighted by molar-refractivity contribution is -0.137. The highest BCUT2D eigenvalue weighted by Gasteiger charge is 2.40. The minimum absolute atomic E-state index is 0.00752. The standard InChI is InChI=1S/C27H23F3N4O3S/c1-18(13-19-7-3-2-4-8-19)16-31-33-26-34(17-22-11-6-12-37-22)25(36)23(38-26)15-24(35)32-21-10-5-9-20(14-21)27(28,29)30/h2-14,16,23H,15,17H2,1H3,(H,32,35)/b18-13+,31-16+,33-26-. The van der Waals surface area contributed by atoms with Crippen LogP contribution in [0.4, 0.5) is 18.9 Å². The van der Waals surface area contributed by atoms with Gasteiger partial charge in [-0.3, -0.25) is 14.5 Å². The molecular weight excluding hydrogens is 517 g/mol. The normalized spacial score (nSPS) is 17.5. The van der Waals surface area contributed by atoms with Crippen LogP contribution in [0.3, 0.4) is 0 Å². The van der Waals surface area contributed by atoms with Crippen molar-refractivity contribution in [2.75, 3.05) is 5.32 Å². The largest absolute Gasteiger partial charge is 0.467 e. The van der Waals surface area contributed by atoms with Crippen LogP contribution in [0, 0.1) is 0 Å². The molecule has 1 aliphatic rings. The quantitative estimate of drug-likeness (QED) is 0.272. The minimum Gasteiger partial charge on any atom is -0.467 e. The summed E-state index contributed by atoms with van der Waals surface area (Å²) >= 11 is 1.06. The van der Waals surface area contributed by atoms with Gasteiger partial charge in [0.15, 0.2) is 5.17 Å². The Bertz CT molecular complexity index is 1370. The number of nitrogens with one attached hydrogen (secondary N) is 1. The first-order chi connectivity index (χ1) is 18.2.